The maximum atomic E-state index is 12.6. The van der Waals surface area contributed by atoms with E-state index >= 15 is 0 Å². The number of amides is 1. The third-order valence-electron chi connectivity index (χ3n) is 5.09. The van der Waals surface area contributed by atoms with Crippen molar-refractivity contribution in [1.82, 2.24) is 15.2 Å². The zero-order valence-corrected chi connectivity index (χ0v) is 13.0. The lowest BCUT2D eigenvalue weighted by molar-refractivity contribution is 0.0618. The molecule has 0 spiro atoms. The Bertz CT molecular complexity index is 800. The molecule has 0 aliphatic carbocycles. The number of carbonyl (C=O) groups excluding carboxylic acids is 1. The summed E-state index contributed by atoms with van der Waals surface area (Å²) >= 11 is 0. The highest BCUT2D eigenvalue weighted by molar-refractivity contribution is 5.96. The summed E-state index contributed by atoms with van der Waals surface area (Å²) in [5.41, 5.74) is 1.27. The molecular weight excluding hydrogens is 286 g/mol. The Morgan fingerprint density at radius 3 is 2.78 bits per heavy atom. The van der Waals surface area contributed by atoms with Crippen molar-refractivity contribution in [3.63, 3.8) is 0 Å². The minimum atomic E-state index is -0.0863. The van der Waals surface area contributed by atoms with E-state index in [4.69, 9.17) is 6.42 Å². The van der Waals surface area contributed by atoms with E-state index in [0.29, 0.717) is 11.6 Å². The number of nitrogens with one attached hydrogen (secondary N) is 1. The van der Waals surface area contributed by atoms with E-state index in [2.05, 4.69) is 21.1 Å². The molecule has 2 bridgehead atoms. The van der Waals surface area contributed by atoms with E-state index < -0.39 is 0 Å². The lowest BCUT2D eigenvalue weighted by Crippen LogP contribution is -2.57. The van der Waals surface area contributed by atoms with Gasteiger partial charge in [-0.3, -0.25) is 9.78 Å². The summed E-state index contributed by atoms with van der Waals surface area (Å²) in [6, 6.07) is 7.82. The average Bonchev–Trinajstić information content (AvgIpc) is 2.61. The molecule has 116 valence electrons. The number of rotatable bonds is 2. The third kappa shape index (κ3) is 2.69. The minimum Gasteiger partial charge on any atom is -0.346 e. The summed E-state index contributed by atoms with van der Waals surface area (Å²) < 4.78 is 0. The molecule has 0 radical (unpaired) electrons. The van der Waals surface area contributed by atoms with Crippen molar-refractivity contribution in [3.05, 3.63) is 41.7 Å². The molecule has 1 unspecified atom stereocenters. The van der Waals surface area contributed by atoms with Crippen molar-refractivity contribution in [2.45, 2.75) is 18.9 Å². The molecule has 1 aromatic heterocycles. The first-order valence-corrected chi connectivity index (χ1v) is 8.12. The van der Waals surface area contributed by atoms with Crippen LogP contribution in [0.3, 0.4) is 0 Å². The predicted octanol–water partition coefficient (Wildman–Crippen LogP) is 2.04. The van der Waals surface area contributed by atoms with Gasteiger partial charge < -0.3 is 10.2 Å². The highest BCUT2D eigenvalue weighted by atomic mass is 16.1. The zero-order valence-electron chi connectivity index (χ0n) is 13.0. The molecule has 2 aromatic rings. The van der Waals surface area contributed by atoms with Gasteiger partial charge in [-0.25, -0.2) is 0 Å². The molecule has 4 heterocycles. The van der Waals surface area contributed by atoms with Crippen LogP contribution in [0.4, 0.5) is 0 Å². The lowest BCUT2D eigenvalue weighted by atomic mass is 9.84. The fourth-order valence-corrected chi connectivity index (χ4v) is 3.73. The van der Waals surface area contributed by atoms with Crippen LogP contribution in [-0.2, 0) is 0 Å². The van der Waals surface area contributed by atoms with Crippen LogP contribution in [0, 0.1) is 18.3 Å². The van der Waals surface area contributed by atoms with Gasteiger partial charge in [-0.2, -0.15) is 0 Å². The van der Waals surface area contributed by atoms with Gasteiger partial charge in [0.2, 0.25) is 0 Å². The molecule has 1 atom stereocenters. The molecule has 3 aliphatic heterocycles. The molecule has 3 aliphatic rings. The number of benzene rings is 1. The Hall–Kier alpha value is -2.38. The van der Waals surface area contributed by atoms with Gasteiger partial charge in [0.25, 0.3) is 5.91 Å². The third-order valence-corrected chi connectivity index (χ3v) is 5.09. The Kier molecular flexibility index (Phi) is 3.51. The van der Waals surface area contributed by atoms with Crippen LogP contribution in [-0.4, -0.2) is 41.5 Å². The number of nitrogens with zero attached hydrogens (tertiary/aromatic N) is 2. The minimum absolute atomic E-state index is 0.0863. The quantitative estimate of drug-likeness (QED) is 0.864. The molecule has 5 rings (SSSR count). The van der Waals surface area contributed by atoms with Crippen LogP contribution < -0.4 is 5.32 Å². The van der Waals surface area contributed by atoms with Gasteiger partial charge in [0.15, 0.2) is 0 Å². The maximum absolute atomic E-state index is 12.6. The highest BCUT2D eigenvalue weighted by Crippen LogP contribution is 2.27. The van der Waals surface area contributed by atoms with Gasteiger partial charge in [-0.15, -0.1) is 6.42 Å². The number of piperidine rings is 3. The van der Waals surface area contributed by atoms with E-state index in [-0.39, 0.29) is 11.9 Å². The topological polar surface area (TPSA) is 45.2 Å². The van der Waals surface area contributed by atoms with Crippen molar-refractivity contribution in [2.24, 2.45) is 5.92 Å². The second kappa shape index (κ2) is 5.68. The SMILES string of the molecule is C#Cc1ccc2cnc(C(=O)NC3CN4CCC3CC4)cc2c1. The molecule has 3 fully saturated rings. The Morgan fingerprint density at radius 2 is 2.09 bits per heavy atom. The fourth-order valence-electron chi connectivity index (χ4n) is 3.73. The first-order valence-electron chi connectivity index (χ1n) is 8.12. The molecule has 4 nitrogen and oxygen atoms in total. The summed E-state index contributed by atoms with van der Waals surface area (Å²) in [6.07, 6.45) is 9.55. The zero-order chi connectivity index (χ0) is 15.8. The molecule has 0 saturated carbocycles. The Morgan fingerprint density at radius 1 is 1.26 bits per heavy atom. The summed E-state index contributed by atoms with van der Waals surface area (Å²) in [7, 11) is 0. The van der Waals surface area contributed by atoms with Crippen LogP contribution in [0.15, 0.2) is 30.5 Å². The molecule has 4 heteroatoms. The smallest absolute Gasteiger partial charge is 0.270 e. The normalized spacial score (nSPS) is 26.0. The van der Waals surface area contributed by atoms with Crippen LogP contribution >= 0.6 is 0 Å². The van der Waals surface area contributed by atoms with Crippen molar-refractivity contribution in [3.8, 4) is 12.3 Å². The van der Waals surface area contributed by atoms with Gasteiger partial charge in [0.05, 0.1) is 0 Å². The van der Waals surface area contributed by atoms with Gasteiger partial charge >= 0.3 is 0 Å². The van der Waals surface area contributed by atoms with Crippen molar-refractivity contribution >= 4 is 16.7 Å². The average molecular weight is 305 g/mol. The van der Waals surface area contributed by atoms with Crippen molar-refractivity contribution < 1.29 is 4.79 Å². The molecular formula is C19H19N3O. The van der Waals surface area contributed by atoms with Gasteiger partial charge in [-0.1, -0.05) is 12.0 Å². The molecule has 3 saturated heterocycles. The van der Waals surface area contributed by atoms with Gasteiger partial charge in [0.1, 0.15) is 5.69 Å². The van der Waals surface area contributed by atoms with Gasteiger partial charge in [-0.05, 0) is 55.4 Å². The van der Waals surface area contributed by atoms with E-state index in [1.807, 2.05) is 24.3 Å². The summed E-state index contributed by atoms with van der Waals surface area (Å²) in [6.45, 7) is 3.30. The molecule has 1 amide bonds. The summed E-state index contributed by atoms with van der Waals surface area (Å²) in [5, 5.41) is 5.12. The van der Waals surface area contributed by atoms with Crippen molar-refractivity contribution in [2.75, 3.05) is 19.6 Å². The first kappa shape index (κ1) is 14.2. The van der Waals surface area contributed by atoms with E-state index in [1.165, 1.54) is 25.9 Å². The van der Waals surface area contributed by atoms with E-state index in [1.54, 1.807) is 6.20 Å². The number of fused-ring (bicyclic) bond motifs is 4. The number of carbonyl (C=O) groups is 1. The second-order valence-electron chi connectivity index (χ2n) is 6.49. The van der Waals surface area contributed by atoms with Crippen LogP contribution in [0.25, 0.3) is 10.8 Å². The number of aromatic nitrogens is 1. The Balaban J connectivity index is 1.56. The van der Waals surface area contributed by atoms with Crippen LogP contribution in [0.1, 0.15) is 28.9 Å². The van der Waals surface area contributed by atoms with Crippen LogP contribution in [0.2, 0.25) is 0 Å². The standard InChI is InChI=1S/C19H19N3O/c1-2-13-3-4-15-11-20-17(10-16(15)9-13)19(23)21-18-12-22-7-5-14(18)6-8-22/h1,3-4,9-11,14,18H,5-8,12H2,(H,21,23). The lowest BCUT2D eigenvalue weighted by Gasteiger charge is -2.44. The molecule has 23 heavy (non-hydrogen) atoms. The Labute approximate surface area is 135 Å². The van der Waals surface area contributed by atoms with Crippen molar-refractivity contribution in [1.29, 1.82) is 0 Å². The second-order valence-corrected chi connectivity index (χ2v) is 6.49. The monoisotopic (exact) mass is 305 g/mol. The molecule has 1 N–H and O–H groups in total. The van der Waals surface area contributed by atoms with E-state index in [9.17, 15) is 4.79 Å². The first-order chi connectivity index (χ1) is 11.2. The number of hydrogen-bond donors (Lipinski definition) is 1. The largest absolute Gasteiger partial charge is 0.346 e. The van der Waals surface area contributed by atoms with E-state index in [0.717, 1.165) is 22.9 Å². The number of terminal acetylenes is 1. The summed E-state index contributed by atoms with van der Waals surface area (Å²) in [4.78, 5) is 19.3. The van der Waals surface area contributed by atoms with Gasteiger partial charge in [0, 0.05) is 29.7 Å². The predicted molar refractivity (Wildman–Crippen MR) is 90.1 cm³/mol. The fraction of sp³-hybridized carbons (Fsp3) is 0.368. The highest BCUT2D eigenvalue weighted by Gasteiger charge is 2.35. The molecule has 1 aromatic carbocycles. The maximum Gasteiger partial charge on any atom is 0.270 e. The number of pyridine rings is 1. The number of hydrogen-bond acceptors (Lipinski definition) is 3. The van der Waals surface area contributed by atoms with Crippen LogP contribution in [0.5, 0.6) is 0 Å². The summed E-state index contributed by atoms with van der Waals surface area (Å²) in [5.74, 6) is 3.15.